The fraction of sp³-hybridized carbons (Fsp3) is 0. The fourth-order valence-electron chi connectivity index (χ4n) is 0. The topological polar surface area (TPSA) is 0 Å². The van der Waals surface area contributed by atoms with Crippen molar-refractivity contribution in [1.82, 2.24) is 0 Å². The molecule has 0 rings (SSSR count). The molecule has 0 N–H and O–H groups in total. The van der Waals surface area contributed by atoms with Crippen LogP contribution in [0.15, 0.2) is 0 Å². The van der Waals surface area contributed by atoms with Gasteiger partial charge in [-0.2, -0.15) is 0 Å². The predicted octanol–water partition coefficient (Wildman–Crippen LogP) is -0.0100. The average molecular weight is 372 g/mol. The van der Waals surface area contributed by atoms with Crippen LogP contribution in [-0.2, 0) is 80.1 Å². The minimum absolute atomic E-state index is 0. The summed E-state index contributed by atoms with van der Waals surface area (Å²) in [6, 6.07) is 0. The van der Waals surface area contributed by atoms with E-state index in [0.29, 0.717) is 0 Å². The van der Waals surface area contributed by atoms with E-state index in [1.54, 1.807) is 0 Å². The van der Waals surface area contributed by atoms with E-state index in [-0.39, 0.29) is 47.9 Å². The molecule has 0 spiro atoms. The summed E-state index contributed by atoms with van der Waals surface area (Å²) in [6.45, 7) is 0. The third-order valence-corrected chi connectivity index (χ3v) is 0. The summed E-state index contributed by atoms with van der Waals surface area (Å²) in [5.41, 5.74) is 0. The number of hydrogen-bond donors (Lipinski definition) is 0. The Morgan fingerprint density at radius 3 is 1.25 bits per heavy atom. The molecule has 0 aromatic carbocycles. The second-order valence-corrected chi connectivity index (χ2v) is 0. The van der Waals surface area contributed by atoms with Crippen LogP contribution in [0.5, 0.6) is 0 Å². The zero-order valence-electron chi connectivity index (χ0n) is 1.86. The second kappa shape index (κ2) is 16.9. The van der Waals surface area contributed by atoms with Crippen molar-refractivity contribution in [2.24, 2.45) is 0 Å². The van der Waals surface area contributed by atoms with Crippen LogP contribution < -0.4 is 0 Å². The van der Waals surface area contributed by atoms with Gasteiger partial charge in [0.15, 0.2) is 0 Å². The second-order valence-electron chi connectivity index (χ2n) is 0. The minimum atomic E-state index is 0. The first-order chi connectivity index (χ1) is 1.00. The molecule has 0 unspecified atom stereocenters. The molecule has 0 saturated carbocycles. The van der Waals surface area contributed by atoms with Crippen LogP contribution in [0.25, 0.3) is 0 Å². The summed E-state index contributed by atoms with van der Waals surface area (Å²) in [6.07, 6.45) is 0. The first-order valence-electron chi connectivity index (χ1n) is 0.183. The third kappa shape index (κ3) is 8.85. The van der Waals surface area contributed by atoms with Gasteiger partial charge in [0, 0.05) is 47.9 Å². The van der Waals surface area contributed by atoms with Crippen molar-refractivity contribution in [3.63, 3.8) is 0 Å². The summed E-state index contributed by atoms with van der Waals surface area (Å²) >= 11 is 4.06. The molecule has 0 aliphatic carbocycles. The third-order valence-electron chi connectivity index (χ3n) is 0. The van der Waals surface area contributed by atoms with Gasteiger partial charge in [-0.3, -0.25) is 0 Å². The molecule has 4 heteroatoms. The van der Waals surface area contributed by atoms with E-state index < -0.39 is 0 Å². The maximum Gasteiger partial charge on any atom is 0 e. The van der Waals surface area contributed by atoms with Crippen LogP contribution in [0.1, 0.15) is 0 Å². The van der Waals surface area contributed by atoms with Gasteiger partial charge < -0.3 is 0 Å². The maximum atomic E-state index is 2.74. The Balaban J connectivity index is -0.00000000500. The summed E-state index contributed by atoms with van der Waals surface area (Å²) in [5.74, 6) is 0. The Hall–Kier alpha value is 2.87. The van der Waals surface area contributed by atoms with Gasteiger partial charge in [-0.15, -0.1) is 0 Å². The van der Waals surface area contributed by atoms with E-state index in [2.05, 4.69) is 13.3 Å². The molecule has 19 valence electrons. The molecule has 0 aromatic heterocycles. The number of hydrogen-bond acceptors (Lipinski definition) is 0. The molecule has 0 heterocycles. The van der Waals surface area contributed by atoms with Gasteiger partial charge in [0.2, 0.25) is 0 Å². The van der Waals surface area contributed by atoms with E-state index in [9.17, 15) is 0 Å². The van der Waals surface area contributed by atoms with Crippen LogP contribution in [-0.4, -0.2) is 0 Å². The van der Waals surface area contributed by atoms with Crippen molar-refractivity contribution in [1.29, 1.82) is 0 Å². The van der Waals surface area contributed by atoms with Crippen molar-refractivity contribution in [3.05, 3.63) is 0 Å². The Labute approximate surface area is 78.6 Å². The molecule has 0 bridgehead atoms. The molecule has 0 radical (unpaired) electrons. The van der Waals surface area contributed by atoms with Crippen LogP contribution in [0.3, 0.4) is 0 Å². The van der Waals surface area contributed by atoms with Gasteiger partial charge in [-0.05, 0) is 0 Å². The summed E-state index contributed by atoms with van der Waals surface area (Å²) < 4.78 is 0. The molecule has 0 aliphatic rings. The fourth-order valence-corrected chi connectivity index (χ4v) is 0. The first-order valence-corrected chi connectivity index (χ1v) is 6.16. The first kappa shape index (κ1) is 15.8. The molecule has 0 aromatic rings. The predicted molar refractivity (Wildman–Crippen MR) is 0 cm³/mol. The van der Waals surface area contributed by atoms with Crippen LogP contribution in [0, 0.1) is 0 Å². The Bertz CT molecular complexity index is 8.00. The molecular formula is CrTaTiZr. The molecule has 0 nitrogen and oxygen atoms in total. The van der Waals surface area contributed by atoms with Crippen molar-refractivity contribution in [3.8, 4) is 0 Å². The largest absolute Gasteiger partial charge is 0 e. The standard InChI is InChI=1S/Cr.Ta.Ti.Zr. The van der Waals surface area contributed by atoms with Gasteiger partial charge in [-0.1, -0.05) is 0 Å². The summed E-state index contributed by atoms with van der Waals surface area (Å²) in [7, 11) is 0. The van der Waals surface area contributed by atoms with Gasteiger partial charge >= 0.3 is 32.2 Å². The van der Waals surface area contributed by atoms with Gasteiger partial charge in [0.25, 0.3) is 0 Å². The molecule has 0 aliphatic heterocycles. The van der Waals surface area contributed by atoms with E-state index >= 15 is 0 Å². The van der Waals surface area contributed by atoms with Crippen molar-refractivity contribution < 1.29 is 80.1 Å². The summed E-state index contributed by atoms with van der Waals surface area (Å²) in [4.78, 5) is 0. The van der Waals surface area contributed by atoms with Gasteiger partial charge in [-0.25, -0.2) is 0 Å². The Morgan fingerprint density at radius 1 is 1.25 bits per heavy atom. The molecule has 0 fully saturated rings. The van der Waals surface area contributed by atoms with Crippen molar-refractivity contribution in [2.75, 3.05) is 0 Å². The van der Waals surface area contributed by atoms with Crippen LogP contribution in [0.4, 0.5) is 0 Å². The van der Waals surface area contributed by atoms with E-state index in [0.717, 1.165) is 0 Å². The maximum absolute atomic E-state index is 2.74. The monoisotopic (exact) mass is 371 g/mol. The average Bonchev–Trinajstić information content (AvgIpc) is 1.00. The zero-order valence-corrected chi connectivity index (χ0v) is 10.4. The van der Waals surface area contributed by atoms with Crippen LogP contribution >= 0.6 is 0 Å². The Kier molecular flexibility index (Phi) is 66.8. The quantitative estimate of drug-likeness (QED) is 0.525. The van der Waals surface area contributed by atoms with Crippen molar-refractivity contribution in [2.45, 2.75) is 0 Å². The molecule has 4 heavy (non-hydrogen) atoms. The van der Waals surface area contributed by atoms with E-state index in [4.69, 9.17) is 0 Å². The molecule has 0 atom stereocenters. The van der Waals surface area contributed by atoms with Gasteiger partial charge in [0.05, 0.1) is 0 Å². The number of rotatable bonds is 0. The molecular weight excluding hydrogens is 372 g/mol. The summed E-state index contributed by atoms with van der Waals surface area (Å²) in [5, 5.41) is 0. The molecule has 0 saturated heterocycles. The smallest absolute Gasteiger partial charge is 0 e. The molecule has 0 amide bonds. The minimum Gasteiger partial charge on any atom is 0 e. The van der Waals surface area contributed by atoms with Gasteiger partial charge in [0.1, 0.15) is 0 Å². The Morgan fingerprint density at radius 2 is 1.25 bits per heavy atom. The van der Waals surface area contributed by atoms with E-state index in [1.165, 1.54) is 18.8 Å². The normalized spacial score (nSPS) is 1.00. The van der Waals surface area contributed by atoms with E-state index in [1.807, 2.05) is 0 Å². The SMILES string of the molecule is [Cr][Ta].[Ti].[Zr]. The zero-order chi connectivity index (χ0) is 2.00. The van der Waals surface area contributed by atoms with Crippen LogP contribution in [0.2, 0.25) is 0 Å². The van der Waals surface area contributed by atoms with Crippen molar-refractivity contribution >= 4 is 0 Å².